The fourth-order valence-electron chi connectivity index (χ4n) is 2.92. The molecule has 134 valence electrons. The average molecular weight is 392 g/mol. The third-order valence-corrected chi connectivity index (χ3v) is 6.28. The molecule has 7 heteroatoms. The number of pyridine rings is 1. The molecule has 0 spiro atoms. The highest BCUT2D eigenvalue weighted by atomic mass is 32.1. The van der Waals surface area contributed by atoms with Crippen molar-refractivity contribution >= 4 is 25.9 Å². The Kier molecular flexibility index (Phi) is 5.00. The largest absolute Gasteiger partial charge is 0.384 e. The molecule has 2 aromatic heterocycles. The zero-order valence-corrected chi connectivity index (χ0v) is 16.4. The van der Waals surface area contributed by atoms with E-state index in [0.29, 0.717) is 14.4 Å². The van der Waals surface area contributed by atoms with E-state index >= 15 is 0 Å². The molecule has 2 unspecified atom stereocenters. The Morgan fingerprint density at radius 1 is 1.26 bits per heavy atom. The fraction of sp³-hybridized carbons (Fsp3) is 0.150. The van der Waals surface area contributed by atoms with E-state index in [4.69, 9.17) is 5.26 Å². The minimum atomic E-state index is -0.740. The van der Waals surface area contributed by atoms with E-state index in [1.165, 1.54) is 0 Å². The number of aliphatic hydroxyl groups excluding tert-OH is 1. The molecule has 2 N–H and O–H groups in total. The molecule has 3 heterocycles. The Morgan fingerprint density at radius 2 is 2.07 bits per heavy atom. The van der Waals surface area contributed by atoms with Crippen molar-refractivity contribution in [3.8, 4) is 16.5 Å². The van der Waals surface area contributed by atoms with E-state index in [9.17, 15) is 5.11 Å². The second-order valence-corrected chi connectivity index (χ2v) is 8.19. The monoisotopic (exact) mass is 392 g/mol. The Morgan fingerprint density at radius 3 is 2.78 bits per heavy atom. The minimum absolute atomic E-state index is 0.376. The van der Waals surface area contributed by atoms with Crippen molar-refractivity contribution in [3.05, 3.63) is 75.9 Å². The Balaban J connectivity index is 1.80. The van der Waals surface area contributed by atoms with Crippen molar-refractivity contribution < 1.29 is 5.11 Å². The summed E-state index contributed by atoms with van der Waals surface area (Å²) in [6, 6.07) is 15.6. The molecule has 1 aromatic carbocycles. The lowest BCUT2D eigenvalue weighted by atomic mass is 10.00. The van der Waals surface area contributed by atoms with E-state index < -0.39 is 6.10 Å². The Bertz CT molecular complexity index is 1050. The molecule has 3 aromatic rings. The summed E-state index contributed by atoms with van der Waals surface area (Å²) in [6.45, 7) is 2.03. The van der Waals surface area contributed by atoms with Crippen LogP contribution in [0, 0.1) is 18.3 Å². The van der Waals surface area contributed by atoms with Crippen LogP contribution >= 0.6 is 20.1 Å². The highest BCUT2D eigenvalue weighted by Crippen LogP contribution is 2.38. The molecule has 0 bridgehead atoms. The number of hydrogen-bond acceptors (Lipinski definition) is 6. The van der Waals surface area contributed by atoms with Crippen LogP contribution < -0.4 is 5.09 Å². The van der Waals surface area contributed by atoms with Crippen LogP contribution in [0.4, 0.5) is 0 Å². The normalized spacial score (nSPS) is 15.2. The van der Waals surface area contributed by atoms with Crippen LogP contribution in [0.5, 0.6) is 0 Å². The summed E-state index contributed by atoms with van der Waals surface area (Å²) < 4.78 is 0. The van der Waals surface area contributed by atoms with Gasteiger partial charge in [0.15, 0.2) is 0 Å². The number of nitrogens with one attached hydrogen (secondary N) is 1. The molecule has 0 saturated carbocycles. The predicted molar refractivity (Wildman–Crippen MR) is 110 cm³/mol. The number of hydrogen-bond donors (Lipinski definition) is 2. The maximum atomic E-state index is 11.0. The topological polar surface area (TPSA) is 81.3 Å². The molecule has 0 radical (unpaired) electrons. The molecule has 0 fully saturated rings. The van der Waals surface area contributed by atoms with Crippen molar-refractivity contribution in [3.63, 3.8) is 0 Å². The molecule has 2 atom stereocenters. The van der Waals surface area contributed by atoms with Gasteiger partial charge in [-0.05, 0) is 45.0 Å². The van der Waals surface area contributed by atoms with Gasteiger partial charge in [-0.1, -0.05) is 29.8 Å². The molecule has 0 aliphatic carbocycles. The zero-order chi connectivity index (χ0) is 18.8. The van der Waals surface area contributed by atoms with Crippen LogP contribution in [0.1, 0.15) is 33.4 Å². The molecular formula is C20H17N4OPS. The van der Waals surface area contributed by atoms with Gasteiger partial charge < -0.3 is 10.2 Å². The first-order valence-corrected chi connectivity index (χ1v) is 10.5. The first-order valence-electron chi connectivity index (χ1n) is 8.44. The molecule has 5 nitrogen and oxygen atoms in total. The lowest BCUT2D eigenvalue weighted by molar-refractivity contribution is 0.220. The third-order valence-electron chi connectivity index (χ3n) is 4.35. The van der Waals surface area contributed by atoms with E-state index in [1.54, 1.807) is 23.6 Å². The van der Waals surface area contributed by atoms with Crippen LogP contribution in [-0.2, 0) is 0 Å². The number of benzene rings is 1. The standard InChI is InChI=1S/C20H17N4OPS/c1-12-2-4-13(5-3-12)18(25)16-9-17(14-6-7-22-15(8-14)10-21)27-19(16)20-23-11-26-24-20/h2-9,18,25-26H,11H2,1H3,(H,23,24). The zero-order valence-electron chi connectivity index (χ0n) is 14.6. The quantitative estimate of drug-likeness (QED) is 0.658. The maximum absolute atomic E-state index is 11.0. The molecule has 4 rings (SSSR count). The van der Waals surface area contributed by atoms with Gasteiger partial charge in [-0.3, -0.25) is 4.99 Å². The summed E-state index contributed by atoms with van der Waals surface area (Å²) in [5, 5.41) is 23.5. The smallest absolute Gasteiger partial charge is 0.142 e. The summed E-state index contributed by atoms with van der Waals surface area (Å²) in [5.74, 6) is 0.834. The molecular weight excluding hydrogens is 375 g/mol. The Hall–Kier alpha value is -2.58. The highest BCUT2D eigenvalue weighted by molar-refractivity contribution is 7.37. The van der Waals surface area contributed by atoms with Crippen molar-refractivity contribution in [2.24, 2.45) is 4.99 Å². The van der Waals surface area contributed by atoms with Gasteiger partial charge in [-0.15, -0.1) is 11.3 Å². The van der Waals surface area contributed by atoms with E-state index in [0.717, 1.165) is 44.1 Å². The number of amidine groups is 1. The van der Waals surface area contributed by atoms with Crippen LogP contribution in [0.25, 0.3) is 10.4 Å². The van der Waals surface area contributed by atoms with E-state index in [2.05, 4.69) is 21.1 Å². The average Bonchev–Trinajstić information content (AvgIpc) is 3.38. The number of nitriles is 1. The number of thiophene rings is 1. The van der Waals surface area contributed by atoms with Gasteiger partial charge in [0.2, 0.25) is 0 Å². The molecule has 0 saturated heterocycles. The summed E-state index contributed by atoms with van der Waals surface area (Å²) >= 11 is 1.57. The van der Waals surface area contributed by atoms with E-state index in [1.807, 2.05) is 43.3 Å². The summed E-state index contributed by atoms with van der Waals surface area (Å²) in [5.41, 5.74) is 4.12. The number of aliphatic imine (C=N–C) groups is 1. The lowest BCUT2D eigenvalue weighted by Crippen LogP contribution is -2.13. The number of aromatic nitrogens is 1. The summed E-state index contributed by atoms with van der Waals surface area (Å²) in [7, 11) is 0.561. The maximum Gasteiger partial charge on any atom is 0.142 e. The van der Waals surface area contributed by atoms with Crippen LogP contribution in [-0.4, -0.2) is 22.2 Å². The number of aliphatic hydroxyl groups is 1. The van der Waals surface area contributed by atoms with Crippen molar-refractivity contribution in [2.45, 2.75) is 13.0 Å². The molecule has 1 aliphatic heterocycles. The molecule has 0 amide bonds. The summed E-state index contributed by atoms with van der Waals surface area (Å²) in [4.78, 5) is 10.5. The molecule has 1 aliphatic rings. The van der Waals surface area contributed by atoms with E-state index in [-0.39, 0.29) is 0 Å². The van der Waals surface area contributed by atoms with Crippen molar-refractivity contribution in [1.82, 2.24) is 10.1 Å². The van der Waals surface area contributed by atoms with Gasteiger partial charge in [-0.2, -0.15) is 5.26 Å². The highest BCUT2D eigenvalue weighted by Gasteiger charge is 2.23. The number of rotatable bonds is 4. The lowest BCUT2D eigenvalue weighted by Gasteiger charge is -2.12. The Labute approximate surface area is 163 Å². The van der Waals surface area contributed by atoms with Crippen LogP contribution in [0.3, 0.4) is 0 Å². The summed E-state index contributed by atoms with van der Waals surface area (Å²) in [6.07, 6.45) is 1.66. The van der Waals surface area contributed by atoms with Crippen LogP contribution in [0.2, 0.25) is 0 Å². The predicted octanol–water partition coefficient (Wildman–Crippen LogP) is 3.97. The second kappa shape index (κ2) is 7.58. The van der Waals surface area contributed by atoms with Gasteiger partial charge in [0.25, 0.3) is 0 Å². The second-order valence-electron chi connectivity index (χ2n) is 6.22. The van der Waals surface area contributed by atoms with Gasteiger partial charge in [-0.25, -0.2) is 4.98 Å². The van der Waals surface area contributed by atoms with Crippen molar-refractivity contribution in [2.75, 3.05) is 6.29 Å². The van der Waals surface area contributed by atoms with Gasteiger partial charge in [0, 0.05) is 16.6 Å². The minimum Gasteiger partial charge on any atom is -0.384 e. The first-order chi connectivity index (χ1) is 13.2. The number of nitrogens with zero attached hydrogens (tertiary/aromatic N) is 3. The van der Waals surface area contributed by atoms with Crippen molar-refractivity contribution in [1.29, 1.82) is 5.26 Å². The van der Waals surface area contributed by atoms with Gasteiger partial charge in [0.05, 0.1) is 11.2 Å². The molecule has 27 heavy (non-hydrogen) atoms. The fourth-order valence-corrected chi connectivity index (χ4v) is 4.85. The van der Waals surface area contributed by atoms with Gasteiger partial charge >= 0.3 is 0 Å². The van der Waals surface area contributed by atoms with Gasteiger partial charge in [0.1, 0.15) is 23.7 Å². The number of aryl methyl sites for hydroxylation is 1. The SMILES string of the molecule is Cc1ccc(C(O)c2cc(-c3ccnc(C#N)c3)sc2C2=NCPN2)cc1. The first kappa shape index (κ1) is 17.8. The van der Waals surface area contributed by atoms with Crippen LogP contribution in [0.15, 0.2) is 53.7 Å². The third kappa shape index (κ3) is 3.63.